The molecule has 2 aromatic carbocycles. The van der Waals surface area contributed by atoms with E-state index < -0.39 is 12.1 Å². The monoisotopic (exact) mass is 300 g/mol. The lowest BCUT2D eigenvalue weighted by Crippen LogP contribution is -2.21. The number of rotatable bonds is 5. The second kappa shape index (κ2) is 6.67. The zero-order chi connectivity index (χ0) is 16.1. The molecule has 5 heteroatoms. The standard InChI is InChI=1S/C17H16O5/c1-11(22-13-5-3-2-4-6-13)14(17(20)21)9-12-7-8-15(18)16(19)10-12/h2-11,18-19H,1H3,(H,20,21). The van der Waals surface area contributed by atoms with E-state index >= 15 is 0 Å². The summed E-state index contributed by atoms with van der Waals surface area (Å²) in [5.74, 6) is -1.12. The molecule has 1 atom stereocenters. The number of ether oxygens (including phenoxy) is 1. The topological polar surface area (TPSA) is 87.0 Å². The number of phenolic OH excluding ortho intramolecular Hbond substituents is 2. The van der Waals surface area contributed by atoms with Crippen molar-refractivity contribution in [3.8, 4) is 17.2 Å². The molecule has 1 unspecified atom stereocenters. The van der Waals surface area contributed by atoms with Crippen LogP contribution in [0.1, 0.15) is 12.5 Å². The smallest absolute Gasteiger partial charge is 0.335 e. The Morgan fingerprint density at radius 2 is 1.77 bits per heavy atom. The summed E-state index contributed by atoms with van der Waals surface area (Å²) in [5.41, 5.74) is 0.491. The van der Waals surface area contributed by atoms with Gasteiger partial charge in [0.05, 0.1) is 5.57 Å². The summed E-state index contributed by atoms with van der Waals surface area (Å²) in [4.78, 5) is 11.4. The molecule has 22 heavy (non-hydrogen) atoms. The maximum absolute atomic E-state index is 11.4. The average molecular weight is 300 g/mol. The van der Waals surface area contributed by atoms with E-state index in [0.29, 0.717) is 11.3 Å². The Bertz CT molecular complexity index is 691. The van der Waals surface area contributed by atoms with Crippen molar-refractivity contribution in [3.05, 3.63) is 59.7 Å². The molecular formula is C17H16O5. The average Bonchev–Trinajstić information content (AvgIpc) is 2.49. The van der Waals surface area contributed by atoms with E-state index in [1.807, 2.05) is 6.07 Å². The van der Waals surface area contributed by atoms with Gasteiger partial charge in [-0.3, -0.25) is 0 Å². The number of aliphatic carboxylic acids is 1. The molecule has 0 saturated heterocycles. The largest absolute Gasteiger partial charge is 0.504 e. The molecule has 0 aromatic heterocycles. The van der Waals surface area contributed by atoms with Gasteiger partial charge < -0.3 is 20.1 Å². The first-order valence-electron chi connectivity index (χ1n) is 6.66. The zero-order valence-corrected chi connectivity index (χ0v) is 11.9. The van der Waals surface area contributed by atoms with E-state index in [9.17, 15) is 20.1 Å². The Kier molecular flexibility index (Phi) is 4.68. The molecule has 0 saturated carbocycles. The molecule has 2 rings (SSSR count). The molecule has 0 amide bonds. The number of aromatic hydroxyl groups is 2. The fourth-order valence-corrected chi connectivity index (χ4v) is 1.93. The van der Waals surface area contributed by atoms with E-state index in [1.54, 1.807) is 31.2 Å². The van der Waals surface area contributed by atoms with E-state index in [2.05, 4.69) is 0 Å². The molecule has 5 nitrogen and oxygen atoms in total. The van der Waals surface area contributed by atoms with Crippen LogP contribution in [0.5, 0.6) is 17.2 Å². The van der Waals surface area contributed by atoms with Crippen molar-refractivity contribution < 1.29 is 24.9 Å². The molecule has 114 valence electrons. The van der Waals surface area contributed by atoms with E-state index in [-0.39, 0.29) is 17.1 Å². The molecule has 0 spiro atoms. The summed E-state index contributed by atoms with van der Waals surface area (Å²) >= 11 is 0. The summed E-state index contributed by atoms with van der Waals surface area (Å²) in [7, 11) is 0. The summed E-state index contributed by atoms with van der Waals surface area (Å²) in [5, 5.41) is 28.1. The third-order valence-electron chi connectivity index (χ3n) is 3.06. The highest BCUT2D eigenvalue weighted by atomic mass is 16.5. The number of carboxylic acids is 1. The Balaban J connectivity index is 2.27. The molecule has 0 aliphatic rings. The predicted octanol–water partition coefficient (Wildman–Crippen LogP) is 3.03. The van der Waals surface area contributed by atoms with Gasteiger partial charge in [0.15, 0.2) is 11.5 Å². The molecule has 3 N–H and O–H groups in total. The lowest BCUT2D eigenvalue weighted by Gasteiger charge is -2.15. The van der Waals surface area contributed by atoms with Crippen LogP contribution in [-0.2, 0) is 4.79 Å². The van der Waals surface area contributed by atoms with Gasteiger partial charge in [0.2, 0.25) is 0 Å². The highest BCUT2D eigenvalue weighted by Crippen LogP contribution is 2.26. The Morgan fingerprint density at radius 1 is 1.09 bits per heavy atom. The number of carbonyl (C=O) groups is 1. The first-order chi connectivity index (χ1) is 10.5. The lowest BCUT2D eigenvalue weighted by atomic mass is 10.1. The second-order valence-corrected chi connectivity index (χ2v) is 4.73. The van der Waals surface area contributed by atoms with Gasteiger partial charge in [-0.1, -0.05) is 24.3 Å². The van der Waals surface area contributed by atoms with E-state index in [4.69, 9.17) is 4.74 Å². The van der Waals surface area contributed by atoms with Gasteiger partial charge in [-0.15, -0.1) is 0 Å². The van der Waals surface area contributed by atoms with Gasteiger partial charge in [-0.25, -0.2) is 4.79 Å². The van der Waals surface area contributed by atoms with Crippen LogP contribution < -0.4 is 4.74 Å². The minimum absolute atomic E-state index is 0.0361. The Labute approximate surface area is 127 Å². The van der Waals surface area contributed by atoms with Gasteiger partial charge in [-0.05, 0) is 42.8 Å². The zero-order valence-electron chi connectivity index (χ0n) is 11.9. The van der Waals surface area contributed by atoms with Gasteiger partial charge >= 0.3 is 5.97 Å². The molecule has 0 fully saturated rings. The molecule has 0 aliphatic heterocycles. The first kappa shape index (κ1) is 15.4. The SMILES string of the molecule is CC(Oc1ccccc1)C(=Cc1ccc(O)c(O)c1)C(=O)O. The summed E-state index contributed by atoms with van der Waals surface area (Å²) in [6.45, 7) is 1.63. The van der Waals surface area contributed by atoms with E-state index in [1.165, 1.54) is 24.3 Å². The minimum Gasteiger partial charge on any atom is -0.504 e. The number of para-hydroxylation sites is 1. The Hall–Kier alpha value is -2.95. The number of hydrogen-bond donors (Lipinski definition) is 3. The maximum atomic E-state index is 11.4. The van der Waals surface area contributed by atoms with Crippen LogP contribution in [0.3, 0.4) is 0 Å². The quantitative estimate of drug-likeness (QED) is 0.583. The molecule has 0 radical (unpaired) electrons. The van der Waals surface area contributed by atoms with Crippen LogP contribution >= 0.6 is 0 Å². The van der Waals surface area contributed by atoms with Gasteiger partial charge in [0.25, 0.3) is 0 Å². The van der Waals surface area contributed by atoms with Crippen LogP contribution in [-0.4, -0.2) is 27.4 Å². The molecule has 0 aliphatic carbocycles. The minimum atomic E-state index is -1.11. The lowest BCUT2D eigenvalue weighted by molar-refractivity contribution is -0.133. The van der Waals surface area contributed by atoms with Crippen molar-refractivity contribution in [1.29, 1.82) is 0 Å². The van der Waals surface area contributed by atoms with Gasteiger partial charge in [-0.2, -0.15) is 0 Å². The second-order valence-electron chi connectivity index (χ2n) is 4.73. The third-order valence-corrected chi connectivity index (χ3v) is 3.06. The maximum Gasteiger partial charge on any atom is 0.335 e. The third kappa shape index (κ3) is 3.79. The number of benzene rings is 2. The van der Waals surface area contributed by atoms with Gasteiger partial charge in [0.1, 0.15) is 11.9 Å². The van der Waals surface area contributed by atoms with Crippen molar-refractivity contribution in [2.45, 2.75) is 13.0 Å². The van der Waals surface area contributed by atoms with Crippen molar-refractivity contribution in [2.24, 2.45) is 0 Å². The van der Waals surface area contributed by atoms with Crippen LogP contribution in [0.15, 0.2) is 54.1 Å². The van der Waals surface area contributed by atoms with Crippen LogP contribution in [0.25, 0.3) is 6.08 Å². The normalized spacial score (nSPS) is 12.7. The highest BCUT2D eigenvalue weighted by Gasteiger charge is 2.18. The van der Waals surface area contributed by atoms with Gasteiger partial charge in [0, 0.05) is 0 Å². The molecule has 0 heterocycles. The van der Waals surface area contributed by atoms with Crippen LogP contribution in [0, 0.1) is 0 Å². The predicted molar refractivity (Wildman–Crippen MR) is 81.9 cm³/mol. The molecular weight excluding hydrogens is 284 g/mol. The van der Waals surface area contributed by atoms with Crippen LogP contribution in [0.4, 0.5) is 0 Å². The number of hydrogen-bond acceptors (Lipinski definition) is 4. The summed E-state index contributed by atoms with van der Waals surface area (Å²) in [6, 6.07) is 13.0. The summed E-state index contributed by atoms with van der Waals surface area (Å²) in [6.07, 6.45) is 0.714. The van der Waals surface area contributed by atoms with Crippen LogP contribution in [0.2, 0.25) is 0 Å². The summed E-state index contributed by atoms with van der Waals surface area (Å²) < 4.78 is 5.60. The Morgan fingerprint density at radius 3 is 2.36 bits per heavy atom. The number of phenols is 2. The van der Waals surface area contributed by atoms with Crippen molar-refractivity contribution in [1.82, 2.24) is 0 Å². The fourth-order valence-electron chi connectivity index (χ4n) is 1.93. The van der Waals surface area contributed by atoms with Crippen molar-refractivity contribution in [2.75, 3.05) is 0 Å². The van der Waals surface area contributed by atoms with Crippen molar-refractivity contribution >= 4 is 12.0 Å². The highest BCUT2D eigenvalue weighted by molar-refractivity contribution is 5.93. The first-order valence-corrected chi connectivity index (χ1v) is 6.66. The molecule has 0 bridgehead atoms. The van der Waals surface area contributed by atoms with E-state index in [0.717, 1.165) is 0 Å². The fraction of sp³-hybridized carbons (Fsp3) is 0.118. The molecule has 2 aromatic rings. The van der Waals surface area contributed by atoms with Crippen molar-refractivity contribution in [3.63, 3.8) is 0 Å². The number of carboxylic acid groups (broad SMARTS) is 1.